The van der Waals surface area contributed by atoms with Crippen LogP contribution in [0.5, 0.6) is 0 Å². The van der Waals surface area contributed by atoms with Crippen LogP contribution in [0.15, 0.2) is 11.4 Å². The Hall–Kier alpha value is -1.03. The standard InChI is InChI=1S/C12H13F3O2S/c13-12(14,15)5-7-17-9-11-10(4-8-18-11)3-1-2-6-16/h4,8,16H,2,5-7,9H2. The van der Waals surface area contributed by atoms with Crippen LogP contribution in [0.3, 0.4) is 0 Å². The highest BCUT2D eigenvalue weighted by Crippen LogP contribution is 2.21. The van der Waals surface area contributed by atoms with Gasteiger partial charge in [-0.15, -0.1) is 11.3 Å². The first-order chi connectivity index (χ1) is 8.53. The molecule has 0 aliphatic carbocycles. The summed E-state index contributed by atoms with van der Waals surface area (Å²) in [7, 11) is 0. The quantitative estimate of drug-likeness (QED) is 0.663. The van der Waals surface area contributed by atoms with Crippen molar-refractivity contribution in [2.75, 3.05) is 13.2 Å². The van der Waals surface area contributed by atoms with Crippen molar-refractivity contribution in [3.63, 3.8) is 0 Å². The number of halogens is 3. The van der Waals surface area contributed by atoms with E-state index in [1.165, 1.54) is 11.3 Å². The molecule has 0 aromatic carbocycles. The molecule has 0 aliphatic rings. The molecular formula is C12H13F3O2S. The molecular weight excluding hydrogens is 265 g/mol. The number of hydrogen-bond donors (Lipinski definition) is 1. The summed E-state index contributed by atoms with van der Waals surface area (Å²) in [4.78, 5) is 0.808. The fraction of sp³-hybridized carbons (Fsp3) is 0.500. The molecule has 1 heterocycles. The minimum absolute atomic E-state index is 0.00540. The van der Waals surface area contributed by atoms with E-state index in [9.17, 15) is 13.2 Å². The summed E-state index contributed by atoms with van der Waals surface area (Å²) in [6.45, 7) is -0.212. The van der Waals surface area contributed by atoms with Gasteiger partial charge in [-0.2, -0.15) is 13.2 Å². The molecule has 0 fully saturated rings. The van der Waals surface area contributed by atoms with Crippen LogP contribution in [0.4, 0.5) is 13.2 Å². The molecule has 1 N–H and O–H groups in total. The second kappa shape index (κ2) is 7.41. The second-order valence-electron chi connectivity index (χ2n) is 3.45. The van der Waals surface area contributed by atoms with Gasteiger partial charge in [0, 0.05) is 16.9 Å². The number of thiophene rings is 1. The van der Waals surface area contributed by atoms with Crippen LogP contribution < -0.4 is 0 Å². The molecule has 2 nitrogen and oxygen atoms in total. The number of alkyl halides is 3. The molecule has 0 bridgehead atoms. The third-order valence-corrected chi connectivity index (χ3v) is 2.86. The largest absolute Gasteiger partial charge is 0.395 e. The Morgan fingerprint density at radius 2 is 2.17 bits per heavy atom. The van der Waals surface area contributed by atoms with Gasteiger partial charge in [-0.05, 0) is 11.4 Å². The van der Waals surface area contributed by atoms with Gasteiger partial charge in [0.25, 0.3) is 0 Å². The normalized spacial score (nSPS) is 11.1. The highest BCUT2D eigenvalue weighted by Gasteiger charge is 2.26. The predicted molar refractivity (Wildman–Crippen MR) is 63.2 cm³/mol. The van der Waals surface area contributed by atoms with Gasteiger partial charge in [0.2, 0.25) is 0 Å². The zero-order chi connectivity index (χ0) is 13.4. The summed E-state index contributed by atoms with van der Waals surface area (Å²) in [5.74, 6) is 5.61. The number of rotatable bonds is 5. The maximum Gasteiger partial charge on any atom is 0.391 e. The van der Waals surface area contributed by atoms with E-state index < -0.39 is 12.6 Å². The number of ether oxygens (including phenoxy) is 1. The zero-order valence-electron chi connectivity index (χ0n) is 9.59. The van der Waals surface area contributed by atoms with Crippen molar-refractivity contribution in [3.05, 3.63) is 21.9 Å². The van der Waals surface area contributed by atoms with Crippen LogP contribution in [0.2, 0.25) is 0 Å². The summed E-state index contributed by atoms with van der Waals surface area (Å²) in [5.41, 5.74) is 0.750. The molecule has 0 spiro atoms. The van der Waals surface area contributed by atoms with E-state index in [0.717, 1.165) is 10.4 Å². The number of hydrogen-bond acceptors (Lipinski definition) is 3. The Morgan fingerprint density at radius 1 is 1.39 bits per heavy atom. The van der Waals surface area contributed by atoms with E-state index in [0.29, 0.717) is 6.42 Å². The Morgan fingerprint density at radius 3 is 2.83 bits per heavy atom. The lowest BCUT2D eigenvalue weighted by molar-refractivity contribution is -0.145. The van der Waals surface area contributed by atoms with Gasteiger partial charge in [-0.3, -0.25) is 0 Å². The van der Waals surface area contributed by atoms with Crippen molar-refractivity contribution in [2.24, 2.45) is 0 Å². The molecule has 1 rings (SSSR count). The van der Waals surface area contributed by atoms with Crippen molar-refractivity contribution in [1.29, 1.82) is 0 Å². The molecule has 1 aromatic heterocycles. The fourth-order valence-electron chi connectivity index (χ4n) is 1.13. The zero-order valence-corrected chi connectivity index (χ0v) is 10.4. The molecule has 0 aliphatic heterocycles. The molecule has 0 amide bonds. The molecule has 0 unspecified atom stereocenters. The van der Waals surface area contributed by atoms with Crippen LogP contribution in [0, 0.1) is 11.8 Å². The lowest BCUT2D eigenvalue weighted by Gasteiger charge is -2.06. The van der Waals surface area contributed by atoms with Crippen LogP contribution in [-0.2, 0) is 11.3 Å². The summed E-state index contributed by atoms with van der Waals surface area (Å²) < 4.78 is 40.6. The first-order valence-electron chi connectivity index (χ1n) is 5.33. The van der Waals surface area contributed by atoms with E-state index in [1.807, 2.05) is 5.38 Å². The van der Waals surface area contributed by atoms with Crippen molar-refractivity contribution in [3.8, 4) is 11.8 Å². The Balaban J connectivity index is 2.39. The van der Waals surface area contributed by atoms with Gasteiger partial charge in [0.05, 0.1) is 26.2 Å². The van der Waals surface area contributed by atoms with Crippen molar-refractivity contribution in [1.82, 2.24) is 0 Å². The highest BCUT2D eigenvalue weighted by atomic mass is 32.1. The average Bonchev–Trinajstić information content (AvgIpc) is 2.71. The summed E-state index contributed by atoms with van der Waals surface area (Å²) >= 11 is 1.39. The third kappa shape index (κ3) is 6.05. The van der Waals surface area contributed by atoms with Crippen LogP contribution in [0.25, 0.3) is 0 Å². The predicted octanol–water partition coefficient (Wildman–Crippen LogP) is 2.95. The lowest BCUT2D eigenvalue weighted by Crippen LogP contribution is -2.11. The van der Waals surface area contributed by atoms with Gasteiger partial charge >= 0.3 is 6.18 Å². The van der Waals surface area contributed by atoms with E-state index in [2.05, 4.69) is 11.8 Å². The fourth-order valence-corrected chi connectivity index (χ4v) is 1.90. The minimum atomic E-state index is -4.18. The van der Waals surface area contributed by atoms with E-state index in [1.54, 1.807) is 6.07 Å². The first kappa shape index (κ1) is 15.0. The number of aliphatic hydroxyl groups excluding tert-OH is 1. The maximum absolute atomic E-state index is 11.9. The maximum atomic E-state index is 11.9. The minimum Gasteiger partial charge on any atom is -0.395 e. The Labute approximate surface area is 107 Å². The van der Waals surface area contributed by atoms with E-state index in [4.69, 9.17) is 9.84 Å². The molecule has 6 heteroatoms. The SMILES string of the molecule is OCCC#Cc1ccsc1COCCC(F)(F)F. The van der Waals surface area contributed by atoms with Crippen LogP contribution in [0.1, 0.15) is 23.3 Å². The van der Waals surface area contributed by atoms with Crippen LogP contribution in [-0.4, -0.2) is 24.5 Å². The van der Waals surface area contributed by atoms with Gasteiger partial charge in [0.15, 0.2) is 0 Å². The second-order valence-corrected chi connectivity index (χ2v) is 4.45. The topological polar surface area (TPSA) is 29.5 Å². The lowest BCUT2D eigenvalue weighted by atomic mass is 10.2. The van der Waals surface area contributed by atoms with Crippen LogP contribution >= 0.6 is 11.3 Å². The summed E-state index contributed by atoms with van der Waals surface area (Å²) in [6.07, 6.45) is -4.74. The smallest absolute Gasteiger partial charge is 0.391 e. The molecule has 1 aromatic rings. The number of aliphatic hydroxyl groups is 1. The summed E-state index contributed by atoms with van der Waals surface area (Å²) in [5, 5.41) is 10.4. The van der Waals surface area contributed by atoms with Gasteiger partial charge in [0.1, 0.15) is 0 Å². The molecule has 0 radical (unpaired) electrons. The van der Waals surface area contributed by atoms with Crippen molar-refractivity contribution < 1.29 is 23.0 Å². The monoisotopic (exact) mass is 278 g/mol. The van der Waals surface area contributed by atoms with Crippen molar-refractivity contribution in [2.45, 2.75) is 25.6 Å². The Bertz CT molecular complexity index is 415. The van der Waals surface area contributed by atoms with E-state index >= 15 is 0 Å². The van der Waals surface area contributed by atoms with Gasteiger partial charge < -0.3 is 9.84 Å². The molecule has 0 atom stereocenters. The molecule has 0 saturated carbocycles. The first-order valence-corrected chi connectivity index (χ1v) is 6.21. The van der Waals surface area contributed by atoms with Gasteiger partial charge in [-0.1, -0.05) is 11.8 Å². The van der Waals surface area contributed by atoms with E-state index in [-0.39, 0.29) is 19.8 Å². The summed E-state index contributed by atoms with van der Waals surface area (Å²) in [6, 6.07) is 1.79. The Kier molecular flexibility index (Phi) is 6.19. The van der Waals surface area contributed by atoms with Crippen molar-refractivity contribution >= 4 is 11.3 Å². The molecule has 18 heavy (non-hydrogen) atoms. The molecule has 100 valence electrons. The average molecular weight is 278 g/mol. The third-order valence-electron chi connectivity index (χ3n) is 1.97. The van der Waals surface area contributed by atoms with Gasteiger partial charge in [-0.25, -0.2) is 0 Å². The molecule has 0 saturated heterocycles. The highest BCUT2D eigenvalue weighted by molar-refractivity contribution is 7.10.